The minimum Gasteiger partial charge on any atom is -0.324 e. The van der Waals surface area contributed by atoms with Crippen molar-refractivity contribution >= 4 is 44.1 Å². The number of benzene rings is 3. The topological polar surface area (TPSA) is 86.0 Å². The molecule has 0 saturated heterocycles. The van der Waals surface area contributed by atoms with Gasteiger partial charge in [0.05, 0.1) is 26.8 Å². The fourth-order valence-corrected chi connectivity index (χ4v) is 4.91. The molecule has 3 aromatic carbocycles. The van der Waals surface area contributed by atoms with Gasteiger partial charge >= 0.3 is 5.69 Å². The van der Waals surface area contributed by atoms with E-state index < -0.39 is 5.69 Å². The number of thiazole rings is 1. The number of carbonyl (C=O) groups is 1. The minimum atomic E-state index is -0.504. The first kappa shape index (κ1) is 20.8. The van der Waals surface area contributed by atoms with Crippen molar-refractivity contribution < 1.29 is 4.79 Å². The molecule has 5 rings (SSSR count). The summed E-state index contributed by atoms with van der Waals surface area (Å²) in [6, 6.07) is 22.2. The average Bonchev–Trinajstić information content (AvgIpc) is 3.27. The van der Waals surface area contributed by atoms with Crippen molar-refractivity contribution in [3.63, 3.8) is 0 Å². The van der Waals surface area contributed by atoms with Crippen LogP contribution >= 0.6 is 11.3 Å². The zero-order valence-electron chi connectivity index (χ0n) is 17.8. The lowest BCUT2D eigenvalue weighted by molar-refractivity contribution is -0.116. The number of hydrogen-bond acceptors (Lipinski definition) is 5. The molecule has 0 saturated carbocycles. The number of carbonyl (C=O) groups excluding carboxylic acids is 1. The number of anilines is 1. The van der Waals surface area contributed by atoms with Crippen LogP contribution in [0.2, 0.25) is 0 Å². The molecule has 1 N–H and O–H groups in total. The summed E-state index contributed by atoms with van der Waals surface area (Å²) in [4.78, 5) is 43.3. The van der Waals surface area contributed by atoms with Gasteiger partial charge in [0, 0.05) is 12.1 Å². The highest BCUT2D eigenvalue weighted by Crippen LogP contribution is 2.34. The Morgan fingerprint density at radius 1 is 0.939 bits per heavy atom. The highest BCUT2D eigenvalue weighted by molar-refractivity contribution is 7.21. The van der Waals surface area contributed by atoms with Gasteiger partial charge in [-0.2, -0.15) is 0 Å². The van der Waals surface area contributed by atoms with E-state index in [0.29, 0.717) is 16.6 Å². The van der Waals surface area contributed by atoms with Crippen LogP contribution in [0.15, 0.2) is 82.4 Å². The maximum Gasteiger partial charge on any atom is 0.331 e. The minimum absolute atomic E-state index is 0.214. The van der Waals surface area contributed by atoms with Crippen molar-refractivity contribution in [2.24, 2.45) is 0 Å². The van der Waals surface area contributed by atoms with E-state index in [9.17, 15) is 14.4 Å². The predicted octanol–water partition coefficient (Wildman–Crippen LogP) is 4.10. The van der Waals surface area contributed by atoms with Gasteiger partial charge in [-0.1, -0.05) is 36.4 Å². The number of hydrogen-bond donors (Lipinski definition) is 1. The monoisotopic (exact) mass is 456 g/mol. The van der Waals surface area contributed by atoms with E-state index >= 15 is 0 Å². The third-order valence-corrected chi connectivity index (χ3v) is 6.55. The van der Waals surface area contributed by atoms with Crippen LogP contribution in [0.4, 0.5) is 5.69 Å². The summed E-state index contributed by atoms with van der Waals surface area (Å²) in [7, 11) is 0. The van der Waals surface area contributed by atoms with E-state index in [1.165, 1.54) is 4.57 Å². The molecule has 2 heterocycles. The Balaban J connectivity index is 1.51. The average molecular weight is 457 g/mol. The van der Waals surface area contributed by atoms with E-state index in [4.69, 9.17) is 4.98 Å². The summed E-state index contributed by atoms with van der Waals surface area (Å²) >= 11 is 1.55. The first-order valence-corrected chi connectivity index (χ1v) is 11.4. The van der Waals surface area contributed by atoms with Crippen LogP contribution in [0, 0.1) is 0 Å². The second kappa shape index (κ2) is 8.48. The lowest BCUT2D eigenvalue weighted by atomic mass is 10.2. The molecule has 1 amide bonds. The second-order valence-electron chi connectivity index (χ2n) is 7.52. The highest BCUT2D eigenvalue weighted by atomic mass is 32.1. The molecule has 0 atom stereocenters. The first-order valence-electron chi connectivity index (χ1n) is 10.5. The molecule has 0 aliphatic rings. The molecule has 33 heavy (non-hydrogen) atoms. The fraction of sp³-hybridized carbons (Fsp3) is 0.120. The molecule has 7 nitrogen and oxygen atoms in total. The van der Waals surface area contributed by atoms with Crippen LogP contribution in [0.5, 0.6) is 0 Å². The molecule has 0 bridgehead atoms. The van der Waals surface area contributed by atoms with Crippen LogP contribution in [-0.2, 0) is 17.9 Å². The number of nitrogens with one attached hydrogen (secondary N) is 1. The maximum atomic E-state index is 13.0. The molecule has 0 fully saturated rings. The van der Waals surface area contributed by atoms with Gasteiger partial charge in [-0.15, -0.1) is 11.3 Å². The zero-order chi connectivity index (χ0) is 22.9. The van der Waals surface area contributed by atoms with Crippen LogP contribution < -0.4 is 16.6 Å². The Bertz CT molecular complexity index is 1600. The molecule has 8 heteroatoms. The number of amides is 1. The summed E-state index contributed by atoms with van der Waals surface area (Å²) in [5.74, 6) is -0.364. The van der Waals surface area contributed by atoms with Crippen molar-refractivity contribution in [1.29, 1.82) is 0 Å². The van der Waals surface area contributed by atoms with Crippen LogP contribution in [0.1, 0.15) is 6.92 Å². The Morgan fingerprint density at radius 2 is 1.67 bits per heavy atom. The molecule has 0 spiro atoms. The largest absolute Gasteiger partial charge is 0.331 e. The lowest BCUT2D eigenvalue weighted by Gasteiger charge is -2.14. The Morgan fingerprint density at radius 3 is 2.48 bits per heavy atom. The van der Waals surface area contributed by atoms with Crippen molar-refractivity contribution in [2.75, 3.05) is 5.32 Å². The molecule has 2 aromatic heterocycles. The molecule has 0 radical (unpaired) electrons. The number of nitrogens with zero attached hydrogens (tertiary/aromatic N) is 3. The number of aromatic nitrogens is 3. The summed E-state index contributed by atoms with van der Waals surface area (Å²) in [5, 5.41) is 4.13. The molecule has 164 valence electrons. The van der Waals surface area contributed by atoms with E-state index in [1.54, 1.807) is 42.5 Å². The van der Waals surface area contributed by atoms with Gasteiger partial charge in [0.25, 0.3) is 5.56 Å². The number of rotatable bonds is 5. The maximum absolute atomic E-state index is 13.0. The van der Waals surface area contributed by atoms with Gasteiger partial charge in [-0.25, -0.2) is 9.78 Å². The lowest BCUT2D eigenvalue weighted by Crippen LogP contribution is -2.41. The van der Waals surface area contributed by atoms with Gasteiger partial charge in [0.2, 0.25) is 5.91 Å². The van der Waals surface area contributed by atoms with Crippen molar-refractivity contribution in [1.82, 2.24) is 14.1 Å². The quantitative estimate of drug-likeness (QED) is 0.431. The van der Waals surface area contributed by atoms with Crippen LogP contribution in [-0.4, -0.2) is 20.0 Å². The summed E-state index contributed by atoms with van der Waals surface area (Å²) in [5.41, 5.74) is 1.91. The van der Waals surface area contributed by atoms with Gasteiger partial charge in [-0.05, 0) is 43.3 Å². The number of fused-ring (bicyclic) bond motifs is 2. The van der Waals surface area contributed by atoms with Gasteiger partial charge in [0.15, 0.2) is 0 Å². The predicted molar refractivity (Wildman–Crippen MR) is 132 cm³/mol. The summed E-state index contributed by atoms with van der Waals surface area (Å²) in [6.07, 6.45) is 0. The Labute approximate surface area is 192 Å². The zero-order valence-corrected chi connectivity index (χ0v) is 18.6. The van der Waals surface area contributed by atoms with Crippen molar-refractivity contribution in [3.05, 3.63) is 93.6 Å². The molecule has 5 aromatic rings. The molecular formula is C25H20N4O3S. The summed E-state index contributed by atoms with van der Waals surface area (Å²) in [6.45, 7) is 1.74. The second-order valence-corrected chi connectivity index (χ2v) is 8.55. The Kier molecular flexibility index (Phi) is 5.35. The first-order chi connectivity index (χ1) is 16.1. The van der Waals surface area contributed by atoms with Crippen molar-refractivity contribution in [3.8, 4) is 10.6 Å². The molecule has 0 aliphatic carbocycles. The highest BCUT2D eigenvalue weighted by Gasteiger charge is 2.16. The summed E-state index contributed by atoms with van der Waals surface area (Å²) < 4.78 is 3.55. The normalized spacial score (nSPS) is 11.2. The smallest absolute Gasteiger partial charge is 0.324 e. The van der Waals surface area contributed by atoms with Gasteiger partial charge < -0.3 is 5.32 Å². The van der Waals surface area contributed by atoms with E-state index in [0.717, 1.165) is 25.4 Å². The van der Waals surface area contributed by atoms with Crippen LogP contribution in [0.25, 0.3) is 31.7 Å². The van der Waals surface area contributed by atoms with Crippen LogP contribution in [0.3, 0.4) is 0 Å². The fourth-order valence-electron chi connectivity index (χ4n) is 3.90. The third kappa shape index (κ3) is 3.74. The van der Waals surface area contributed by atoms with E-state index in [1.807, 2.05) is 48.5 Å². The number of para-hydroxylation sites is 3. The van der Waals surface area contributed by atoms with Gasteiger partial charge in [-0.3, -0.25) is 18.7 Å². The Hall–Kier alpha value is -4.04. The standard InChI is InChI=1S/C25H20N4O3S/c1-2-28-24(31)17-10-4-7-13-20(17)29(25(28)32)15-22(30)26-18-11-5-3-9-16(18)23-27-19-12-6-8-14-21(19)33-23/h3-14H,2,15H2,1H3,(H,26,30). The molecule has 0 aliphatic heterocycles. The SMILES string of the molecule is CCn1c(=O)c2ccccc2n(CC(=O)Nc2ccccc2-c2nc3ccccc3s2)c1=O. The molecular weight excluding hydrogens is 436 g/mol. The van der Waals surface area contributed by atoms with E-state index in [-0.39, 0.29) is 24.6 Å². The molecule has 0 unspecified atom stereocenters. The third-order valence-electron chi connectivity index (χ3n) is 5.48. The van der Waals surface area contributed by atoms with Crippen molar-refractivity contribution in [2.45, 2.75) is 20.0 Å². The van der Waals surface area contributed by atoms with Gasteiger partial charge in [0.1, 0.15) is 11.6 Å². The van der Waals surface area contributed by atoms with E-state index in [2.05, 4.69) is 5.32 Å².